The van der Waals surface area contributed by atoms with Crippen molar-refractivity contribution in [1.82, 2.24) is 0 Å². The molecule has 0 fully saturated rings. The maximum absolute atomic E-state index is 2.44. The van der Waals surface area contributed by atoms with Gasteiger partial charge in [-0.25, -0.2) is 0 Å². The molecule has 0 unspecified atom stereocenters. The van der Waals surface area contributed by atoms with Crippen molar-refractivity contribution in [3.63, 3.8) is 0 Å². The van der Waals surface area contributed by atoms with Crippen molar-refractivity contribution in [2.24, 2.45) is 0 Å². The molecule has 170 valence electrons. The first-order chi connectivity index (χ1) is 16.3. The Morgan fingerprint density at radius 1 is 0.853 bits per heavy atom. The Morgan fingerprint density at radius 3 is 2.32 bits per heavy atom. The summed E-state index contributed by atoms with van der Waals surface area (Å²) in [6.07, 6.45) is 6.76. The van der Waals surface area contributed by atoms with Gasteiger partial charge in [0.15, 0.2) is 0 Å². The number of aromatic nitrogens is 1. The highest BCUT2D eigenvalue weighted by molar-refractivity contribution is 8.03. The summed E-state index contributed by atoms with van der Waals surface area (Å²) in [6, 6.07) is 26.4. The zero-order chi connectivity index (χ0) is 22.4. The van der Waals surface area contributed by atoms with E-state index in [1.165, 1.54) is 52.4 Å². The van der Waals surface area contributed by atoms with Crippen LogP contribution in [-0.2, 0) is 6.54 Å². The van der Waals surface area contributed by atoms with Gasteiger partial charge in [0, 0.05) is 22.9 Å². The molecule has 0 N–H and O–H groups in total. The number of aryl methyl sites for hydroxylation is 1. The van der Waals surface area contributed by atoms with Gasteiger partial charge in [-0.05, 0) is 48.9 Å². The summed E-state index contributed by atoms with van der Waals surface area (Å²) in [5.41, 5.74) is 2.69. The molecule has 0 radical (unpaired) electrons. The first-order valence-electron chi connectivity index (χ1n) is 11.5. The second-order valence-electron chi connectivity index (χ2n) is 8.16. The smallest absolute Gasteiger partial charge is 0.262 e. The fourth-order valence-corrected chi connectivity index (χ4v) is 7.15. The number of hydrogen-bond donors (Lipinski definition) is 0. The van der Waals surface area contributed by atoms with Gasteiger partial charge in [0.05, 0.1) is 16.1 Å². The molecule has 5 aromatic rings. The van der Waals surface area contributed by atoms with E-state index in [0.29, 0.717) is 0 Å². The summed E-state index contributed by atoms with van der Waals surface area (Å²) in [5, 5.41) is 7.83. The van der Waals surface area contributed by atoms with Crippen LogP contribution in [0, 0.1) is 0 Å². The van der Waals surface area contributed by atoms with Gasteiger partial charge in [0.25, 0.3) is 5.01 Å². The summed E-state index contributed by atoms with van der Waals surface area (Å²) in [4.78, 5) is 3.78. The second kappa shape index (κ2) is 9.57. The monoisotopic (exact) mass is 544 g/mol. The largest absolute Gasteiger partial charge is 1.00 e. The Morgan fingerprint density at radius 2 is 1.56 bits per heavy atom. The zero-order valence-electron chi connectivity index (χ0n) is 19.2. The van der Waals surface area contributed by atoms with Crippen LogP contribution in [0.15, 0.2) is 94.9 Å². The average molecular weight is 546 g/mol. The molecule has 5 heteroatoms. The van der Waals surface area contributed by atoms with Gasteiger partial charge in [-0.1, -0.05) is 83.8 Å². The molecule has 0 spiro atoms. The third-order valence-corrected chi connectivity index (χ3v) is 8.57. The van der Waals surface area contributed by atoms with Crippen LogP contribution in [0.4, 0.5) is 5.69 Å². The topological polar surface area (TPSA) is 7.12 Å². The van der Waals surface area contributed by atoms with Crippen molar-refractivity contribution in [1.29, 1.82) is 0 Å². The Bertz CT molecular complexity index is 1580. The lowest BCUT2D eigenvalue weighted by Crippen LogP contribution is -3.00. The summed E-state index contributed by atoms with van der Waals surface area (Å²) in [7, 11) is 0. The minimum absolute atomic E-state index is 0. The maximum atomic E-state index is 2.44. The van der Waals surface area contributed by atoms with E-state index in [1.807, 2.05) is 23.1 Å². The van der Waals surface area contributed by atoms with E-state index in [2.05, 4.69) is 114 Å². The number of hydrogen-bond acceptors (Lipinski definition) is 3. The van der Waals surface area contributed by atoms with Gasteiger partial charge in [-0.15, -0.1) is 0 Å². The minimum Gasteiger partial charge on any atom is -1.00 e. The van der Waals surface area contributed by atoms with Gasteiger partial charge in [0.1, 0.15) is 11.2 Å². The molecular weight excluding hydrogens is 520 g/mol. The molecule has 6 rings (SSSR count). The number of nitrogens with zero attached hydrogens (tertiary/aromatic N) is 2. The van der Waals surface area contributed by atoms with Gasteiger partial charge >= 0.3 is 0 Å². The Balaban J connectivity index is 0.00000241. The lowest BCUT2D eigenvalue weighted by molar-refractivity contribution is -0.664. The lowest BCUT2D eigenvalue weighted by atomic mass is 10.1. The molecule has 0 aliphatic carbocycles. The first kappa shape index (κ1) is 23.2. The fourth-order valence-electron chi connectivity index (χ4n) is 4.84. The van der Waals surface area contributed by atoms with Gasteiger partial charge in [-0.2, -0.15) is 4.57 Å². The number of halogens is 1. The zero-order valence-corrected chi connectivity index (χ0v) is 22.4. The second-order valence-corrected chi connectivity index (χ2v) is 10.3. The predicted molar refractivity (Wildman–Crippen MR) is 145 cm³/mol. The molecule has 1 aliphatic heterocycles. The van der Waals surface area contributed by atoms with Crippen molar-refractivity contribution >= 4 is 66.6 Å². The molecule has 0 amide bonds. The number of benzene rings is 4. The standard InChI is InChI=1S/C29H25N2S2.BrH/c1-3-30-26(32-24-18-16-20-10-5-7-12-22(20)28(24)30)14-9-15-27-31(4-2)29-23-13-8-6-11-21(23)17-19-25(29)33-27;/h5-19H,3-4H2,1-2H3;1H/q+1;/p-1. The summed E-state index contributed by atoms with van der Waals surface area (Å²) >= 11 is 3.74. The van der Waals surface area contributed by atoms with Crippen molar-refractivity contribution < 1.29 is 21.5 Å². The minimum atomic E-state index is 0. The molecule has 0 atom stereocenters. The quantitative estimate of drug-likeness (QED) is 0.294. The van der Waals surface area contributed by atoms with Crippen molar-refractivity contribution in [2.75, 3.05) is 11.4 Å². The van der Waals surface area contributed by atoms with E-state index in [9.17, 15) is 0 Å². The lowest BCUT2D eigenvalue weighted by Gasteiger charge is -2.19. The maximum Gasteiger partial charge on any atom is 0.262 e. The summed E-state index contributed by atoms with van der Waals surface area (Å²) in [6.45, 7) is 6.38. The van der Waals surface area contributed by atoms with Gasteiger partial charge in [0.2, 0.25) is 5.52 Å². The molecule has 2 heterocycles. The molecule has 34 heavy (non-hydrogen) atoms. The number of thiazole rings is 1. The van der Waals surface area contributed by atoms with E-state index in [1.54, 1.807) is 0 Å². The average Bonchev–Trinajstić information content (AvgIpc) is 3.41. The number of rotatable bonds is 4. The van der Waals surface area contributed by atoms with Crippen LogP contribution >= 0.6 is 23.1 Å². The predicted octanol–water partition coefficient (Wildman–Crippen LogP) is 5.01. The Hall–Kier alpha value is -2.60. The van der Waals surface area contributed by atoms with Crippen LogP contribution in [0.3, 0.4) is 0 Å². The Labute approximate surface area is 219 Å². The van der Waals surface area contributed by atoms with Crippen LogP contribution in [0.2, 0.25) is 0 Å². The first-order valence-corrected chi connectivity index (χ1v) is 13.1. The van der Waals surface area contributed by atoms with E-state index in [-0.39, 0.29) is 17.0 Å². The molecule has 1 aliphatic rings. The third kappa shape index (κ3) is 3.76. The van der Waals surface area contributed by atoms with E-state index in [0.717, 1.165) is 13.1 Å². The highest BCUT2D eigenvalue weighted by atomic mass is 79.9. The number of allylic oxidation sites excluding steroid dienone is 2. The normalized spacial score (nSPS) is 14.5. The van der Waals surface area contributed by atoms with Crippen molar-refractivity contribution in [3.05, 3.63) is 95.0 Å². The molecule has 4 aromatic carbocycles. The van der Waals surface area contributed by atoms with Crippen LogP contribution in [0.5, 0.6) is 0 Å². The number of anilines is 1. The van der Waals surface area contributed by atoms with Crippen LogP contribution in [-0.4, -0.2) is 6.54 Å². The van der Waals surface area contributed by atoms with Gasteiger partial charge in [-0.3, -0.25) is 0 Å². The molecule has 0 bridgehead atoms. The Kier molecular flexibility index (Phi) is 6.52. The van der Waals surface area contributed by atoms with Gasteiger partial charge < -0.3 is 21.9 Å². The molecule has 0 saturated heterocycles. The van der Waals surface area contributed by atoms with Crippen LogP contribution < -0.4 is 26.4 Å². The third-order valence-electron chi connectivity index (χ3n) is 6.34. The molecule has 2 nitrogen and oxygen atoms in total. The van der Waals surface area contributed by atoms with E-state index < -0.39 is 0 Å². The van der Waals surface area contributed by atoms with Crippen LogP contribution in [0.1, 0.15) is 18.9 Å². The molecule has 0 saturated carbocycles. The molecular formula is C29H25BrN2S2. The van der Waals surface area contributed by atoms with Crippen LogP contribution in [0.25, 0.3) is 37.8 Å². The summed E-state index contributed by atoms with van der Waals surface area (Å²) in [5.74, 6) is 0. The summed E-state index contributed by atoms with van der Waals surface area (Å²) < 4.78 is 3.78. The highest BCUT2D eigenvalue weighted by Gasteiger charge is 2.25. The highest BCUT2D eigenvalue weighted by Crippen LogP contribution is 2.49. The van der Waals surface area contributed by atoms with Crippen molar-refractivity contribution in [3.8, 4) is 0 Å². The van der Waals surface area contributed by atoms with E-state index in [4.69, 9.17) is 0 Å². The number of fused-ring (bicyclic) bond motifs is 6. The SMILES string of the molecule is CCN1/C(=C/C=C/c2sc3ccc4ccccc4c3[n+]2CC)Sc2ccc3ccccc3c21.[Br-]. The van der Waals surface area contributed by atoms with E-state index >= 15 is 0 Å². The fraction of sp³-hybridized carbons (Fsp3) is 0.138. The van der Waals surface area contributed by atoms with Crippen molar-refractivity contribution in [2.45, 2.75) is 25.3 Å². The molecule has 1 aromatic heterocycles. The number of thioether (sulfide) groups is 1.